The van der Waals surface area contributed by atoms with Crippen LogP contribution in [0.15, 0.2) is 42.9 Å². The molecule has 4 rings (SSSR count). The second kappa shape index (κ2) is 8.58. The zero-order valence-electron chi connectivity index (χ0n) is 16.8. The third-order valence-corrected chi connectivity index (χ3v) is 5.18. The predicted molar refractivity (Wildman–Crippen MR) is 113 cm³/mol. The topological polar surface area (TPSA) is 102 Å². The predicted octanol–water partition coefficient (Wildman–Crippen LogP) is 2.59. The van der Waals surface area contributed by atoms with Crippen molar-refractivity contribution >= 4 is 17.4 Å². The number of benzene rings is 1. The molecule has 9 heteroatoms. The maximum Gasteiger partial charge on any atom is 0.276 e. The molecule has 1 atom stereocenters. The van der Waals surface area contributed by atoms with Crippen LogP contribution < -0.4 is 16.0 Å². The first-order chi connectivity index (χ1) is 14.5. The third kappa shape index (κ3) is 4.16. The molecule has 30 heavy (non-hydrogen) atoms. The summed E-state index contributed by atoms with van der Waals surface area (Å²) in [6, 6.07) is 6.33. The maximum atomic E-state index is 14.1. The van der Waals surface area contributed by atoms with E-state index in [0.717, 1.165) is 31.6 Å². The number of rotatable bonds is 4. The van der Waals surface area contributed by atoms with Crippen molar-refractivity contribution in [1.82, 2.24) is 19.7 Å². The number of anilines is 2. The number of halogens is 1. The molecule has 1 fully saturated rings. The Kier molecular flexibility index (Phi) is 5.71. The molecule has 0 radical (unpaired) electrons. The minimum Gasteiger partial charge on any atom is -0.354 e. The van der Waals surface area contributed by atoms with Crippen molar-refractivity contribution in [3.05, 3.63) is 54.4 Å². The lowest BCUT2D eigenvalue weighted by molar-refractivity contribution is 0.102. The van der Waals surface area contributed by atoms with Crippen LogP contribution in [0.25, 0.3) is 11.3 Å². The van der Waals surface area contributed by atoms with Crippen molar-refractivity contribution in [3.63, 3.8) is 0 Å². The van der Waals surface area contributed by atoms with E-state index < -0.39 is 11.7 Å². The van der Waals surface area contributed by atoms with Crippen LogP contribution in [0.5, 0.6) is 0 Å². The molecule has 0 bridgehead atoms. The van der Waals surface area contributed by atoms with Crippen LogP contribution in [0.3, 0.4) is 0 Å². The summed E-state index contributed by atoms with van der Waals surface area (Å²) < 4.78 is 15.8. The molecule has 3 heterocycles. The van der Waals surface area contributed by atoms with Gasteiger partial charge in [0.25, 0.3) is 5.91 Å². The van der Waals surface area contributed by atoms with Gasteiger partial charge in [0, 0.05) is 31.7 Å². The SMILES string of the molecule is Cn1ncc(NC(=O)c2cncc(-c3ccccc3F)n2)c1N1CCCC[C@H](N)C1. The van der Waals surface area contributed by atoms with E-state index in [9.17, 15) is 9.18 Å². The van der Waals surface area contributed by atoms with Gasteiger partial charge in [-0.1, -0.05) is 18.6 Å². The number of hydrogen-bond donors (Lipinski definition) is 2. The number of aromatic nitrogens is 4. The quantitative estimate of drug-likeness (QED) is 0.687. The number of carbonyl (C=O) groups excluding carboxylic acids is 1. The Morgan fingerprint density at radius 2 is 2.07 bits per heavy atom. The van der Waals surface area contributed by atoms with Crippen molar-refractivity contribution in [3.8, 4) is 11.3 Å². The van der Waals surface area contributed by atoms with Gasteiger partial charge < -0.3 is 16.0 Å². The Balaban J connectivity index is 1.58. The Morgan fingerprint density at radius 1 is 1.23 bits per heavy atom. The van der Waals surface area contributed by atoms with Crippen LogP contribution in [0.1, 0.15) is 29.8 Å². The van der Waals surface area contributed by atoms with Gasteiger partial charge in [-0.05, 0) is 25.0 Å². The van der Waals surface area contributed by atoms with Crippen molar-refractivity contribution in [2.75, 3.05) is 23.3 Å². The molecule has 0 aliphatic carbocycles. The molecule has 3 aromatic rings. The zero-order chi connectivity index (χ0) is 21.1. The molecule has 1 amide bonds. The lowest BCUT2D eigenvalue weighted by Crippen LogP contribution is -2.37. The summed E-state index contributed by atoms with van der Waals surface area (Å²) in [6.45, 7) is 1.55. The van der Waals surface area contributed by atoms with Gasteiger partial charge in [0.1, 0.15) is 17.2 Å². The second-order valence-corrected chi connectivity index (χ2v) is 7.43. The molecular weight excluding hydrogens is 385 g/mol. The summed E-state index contributed by atoms with van der Waals surface area (Å²) >= 11 is 0. The molecule has 1 aliphatic heterocycles. The average molecular weight is 409 g/mol. The number of aryl methyl sites for hydroxylation is 1. The minimum absolute atomic E-state index is 0.0780. The second-order valence-electron chi connectivity index (χ2n) is 7.43. The summed E-state index contributed by atoms with van der Waals surface area (Å²) in [5, 5.41) is 7.18. The lowest BCUT2D eigenvalue weighted by Gasteiger charge is -2.25. The number of nitrogens with one attached hydrogen (secondary N) is 1. The number of nitrogens with zero attached hydrogens (tertiary/aromatic N) is 5. The highest BCUT2D eigenvalue weighted by molar-refractivity contribution is 6.04. The van der Waals surface area contributed by atoms with Gasteiger partial charge in [-0.3, -0.25) is 14.5 Å². The fraction of sp³-hybridized carbons (Fsp3) is 0.333. The first kappa shape index (κ1) is 20.0. The molecule has 1 aliphatic rings. The smallest absolute Gasteiger partial charge is 0.276 e. The van der Waals surface area contributed by atoms with Crippen molar-refractivity contribution in [2.24, 2.45) is 12.8 Å². The van der Waals surface area contributed by atoms with Crippen LogP contribution in [-0.4, -0.2) is 44.8 Å². The van der Waals surface area contributed by atoms with Gasteiger partial charge in [-0.2, -0.15) is 5.10 Å². The van der Waals surface area contributed by atoms with Crippen LogP contribution in [0.4, 0.5) is 15.9 Å². The Hall–Kier alpha value is -3.33. The van der Waals surface area contributed by atoms with Gasteiger partial charge >= 0.3 is 0 Å². The van der Waals surface area contributed by atoms with Crippen LogP contribution in [0, 0.1) is 5.82 Å². The van der Waals surface area contributed by atoms with E-state index in [1.54, 1.807) is 29.1 Å². The molecule has 1 saturated heterocycles. The lowest BCUT2D eigenvalue weighted by atomic mass is 10.1. The van der Waals surface area contributed by atoms with Gasteiger partial charge in [0.15, 0.2) is 5.82 Å². The third-order valence-electron chi connectivity index (χ3n) is 5.18. The Morgan fingerprint density at radius 3 is 2.90 bits per heavy atom. The number of hydrogen-bond acceptors (Lipinski definition) is 6. The van der Waals surface area contributed by atoms with E-state index in [0.29, 0.717) is 23.5 Å². The summed E-state index contributed by atoms with van der Waals surface area (Å²) in [6.07, 6.45) is 7.49. The molecule has 8 nitrogen and oxygen atoms in total. The standard InChI is InChI=1S/C21H24FN7O/c1-28-21(29-9-5-4-6-14(23)13-29)19(12-25-28)27-20(30)18-11-24-10-17(26-18)15-7-2-3-8-16(15)22/h2-3,7-8,10-12,14H,4-6,9,13,23H2,1H3,(H,27,30)/t14-/m0/s1. The first-order valence-corrected chi connectivity index (χ1v) is 9.94. The average Bonchev–Trinajstić information content (AvgIpc) is 2.96. The molecule has 0 saturated carbocycles. The van der Waals surface area contributed by atoms with Gasteiger partial charge in [0.2, 0.25) is 0 Å². The highest BCUT2D eigenvalue weighted by atomic mass is 19.1. The normalized spacial score (nSPS) is 16.9. The van der Waals surface area contributed by atoms with Crippen molar-refractivity contribution < 1.29 is 9.18 Å². The van der Waals surface area contributed by atoms with Gasteiger partial charge in [-0.15, -0.1) is 0 Å². The van der Waals surface area contributed by atoms with E-state index in [2.05, 4.69) is 25.3 Å². The van der Waals surface area contributed by atoms with Gasteiger partial charge in [0.05, 0.1) is 24.3 Å². The van der Waals surface area contributed by atoms with Crippen molar-refractivity contribution in [2.45, 2.75) is 25.3 Å². The zero-order valence-corrected chi connectivity index (χ0v) is 16.8. The van der Waals surface area contributed by atoms with Crippen molar-refractivity contribution in [1.29, 1.82) is 0 Å². The summed E-state index contributed by atoms with van der Waals surface area (Å²) in [5.41, 5.74) is 7.46. The summed E-state index contributed by atoms with van der Waals surface area (Å²) in [4.78, 5) is 23.4. The molecule has 0 spiro atoms. The van der Waals surface area contributed by atoms with Crippen LogP contribution in [-0.2, 0) is 7.05 Å². The Labute approximate surface area is 173 Å². The fourth-order valence-electron chi connectivity index (χ4n) is 3.72. The molecule has 2 aromatic heterocycles. The first-order valence-electron chi connectivity index (χ1n) is 9.94. The number of nitrogens with two attached hydrogens (primary N) is 1. The number of carbonyl (C=O) groups is 1. The van der Waals surface area contributed by atoms with E-state index in [1.807, 2.05) is 7.05 Å². The highest BCUT2D eigenvalue weighted by Gasteiger charge is 2.23. The maximum absolute atomic E-state index is 14.1. The van der Waals surface area contributed by atoms with Gasteiger partial charge in [-0.25, -0.2) is 9.37 Å². The minimum atomic E-state index is -0.436. The van der Waals surface area contributed by atoms with E-state index in [4.69, 9.17) is 5.73 Å². The molecule has 0 unspecified atom stereocenters. The highest BCUT2D eigenvalue weighted by Crippen LogP contribution is 2.28. The Bertz CT molecular complexity index is 1050. The summed E-state index contributed by atoms with van der Waals surface area (Å²) in [7, 11) is 1.83. The molecule has 1 aromatic carbocycles. The monoisotopic (exact) mass is 409 g/mol. The fourth-order valence-corrected chi connectivity index (χ4v) is 3.72. The van der Waals surface area contributed by atoms with Crippen LogP contribution in [0.2, 0.25) is 0 Å². The molecule has 3 N–H and O–H groups in total. The largest absolute Gasteiger partial charge is 0.354 e. The molecular formula is C21H24FN7O. The molecule has 156 valence electrons. The van der Waals surface area contributed by atoms with E-state index in [-0.39, 0.29) is 11.7 Å². The number of amides is 1. The summed E-state index contributed by atoms with van der Waals surface area (Å²) in [5.74, 6) is -0.0515. The van der Waals surface area contributed by atoms with Crippen LogP contribution >= 0.6 is 0 Å². The van der Waals surface area contributed by atoms with E-state index in [1.165, 1.54) is 18.5 Å². The van der Waals surface area contributed by atoms with E-state index >= 15 is 0 Å².